The Balaban J connectivity index is 2.69. The maximum atomic E-state index is 14.9. The minimum Gasteiger partial charge on any atom is -0.444 e. The number of amides is 1. The third kappa shape index (κ3) is 5.57. The van der Waals surface area contributed by atoms with Gasteiger partial charge in [0.25, 0.3) is 10.0 Å². The number of alkyl carbamates (subject to hydrolysis) is 1. The highest BCUT2D eigenvalue weighted by Gasteiger charge is 2.55. The molecule has 2 rings (SSSR count). The fourth-order valence-corrected chi connectivity index (χ4v) is 5.03. The highest BCUT2D eigenvalue weighted by atomic mass is 32.2. The zero-order valence-electron chi connectivity index (χ0n) is 19.1. The molecule has 1 aliphatic heterocycles. The van der Waals surface area contributed by atoms with E-state index in [4.69, 9.17) is 9.47 Å². The number of hydrogen-bond donors (Lipinski definition) is 2. The summed E-state index contributed by atoms with van der Waals surface area (Å²) in [4.78, 5) is 16.8. The predicted octanol–water partition coefficient (Wildman–Crippen LogP) is 2.70. The standard InChI is InChI=1S/C21H32FN3O6S/c1-6-7-14-30-17-21(12-13-26,15-10-8-9-11-16(15)22)24-18(25(5)32(17,28)29)23-19(27)31-20(2,3)4/h8-11,17,26H,6-7,12-14H2,1-5H3,(H,23,24,27)/t17?,21-/m1/s1. The molecule has 1 aromatic carbocycles. The van der Waals surface area contributed by atoms with E-state index in [9.17, 15) is 22.7 Å². The number of ether oxygens (including phenoxy) is 2. The Labute approximate surface area is 188 Å². The van der Waals surface area contributed by atoms with Crippen LogP contribution in [0.1, 0.15) is 52.5 Å². The molecule has 0 aromatic heterocycles. The summed E-state index contributed by atoms with van der Waals surface area (Å²) < 4.78 is 53.7. The van der Waals surface area contributed by atoms with Crippen molar-refractivity contribution in [1.82, 2.24) is 9.62 Å². The van der Waals surface area contributed by atoms with Gasteiger partial charge in [0.1, 0.15) is 17.0 Å². The molecule has 2 atom stereocenters. The van der Waals surface area contributed by atoms with Gasteiger partial charge < -0.3 is 14.6 Å². The molecule has 0 spiro atoms. The lowest BCUT2D eigenvalue weighted by Crippen LogP contribution is -2.60. The SMILES string of the molecule is CCCCOC1[C@@](CCO)(c2ccccc2F)N=C(NC(=O)OC(C)(C)C)N(C)S1(=O)=O. The number of aliphatic hydroxyl groups excluding tert-OH is 1. The molecular weight excluding hydrogens is 441 g/mol. The first kappa shape index (κ1) is 26.0. The van der Waals surface area contributed by atoms with Gasteiger partial charge in [-0.05, 0) is 33.3 Å². The first-order valence-corrected chi connectivity index (χ1v) is 11.9. The van der Waals surface area contributed by atoms with Crippen LogP contribution in [0.2, 0.25) is 0 Å². The van der Waals surface area contributed by atoms with E-state index in [-0.39, 0.29) is 24.6 Å². The number of rotatable bonds is 7. The van der Waals surface area contributed by atoms with Gasteiger partial charge in [0.05, 0.1) is 0 Å². The quantitative estimate of drug-likeness (QED) is 0.588. The van der Waals surface area contributed by atoms with Crippen LogP contribution >= 0.6 is 0 Å². The number of nitrogens with zero attached hydrogens (tertiary/aromatic N) is 2. The van der Waals surface area contributed by atoms with Crippen molar-refractivity contribution >= 4 is 22.1 Å². The number of aliphatic hydroxyl groups is 1. The average molecular weight is 474 g/mol. The minimum atomic E-state index is -4.28. The summed E-state index contributed by atoms with van der Waals surface area (Å²) in [5.74, 6) is -1.06. The highest BCUT2D eigenvalue weighted by Crippen LogP contribution is 2.42. The van der Waals surface area contributed by atoms with E-state index in [1.807, 2.05) is 6.92 Å². The van der Waals surface area contributed by atoms with Crippen molar-refractivity contribution in [2.75, 3.05) is 20.3 Å². The smallest absolute Gasteiger partial charge is 0.414 e. The molecule has 1 aromatic rings. The Bertz CT molecular complexity index is 947. The first-order chi connectivity index (χ1) is 14.9. The lowest BCUT2D eigenvalue weighted by molar-refractivity contribution is 0.0311. The minimum absolute atomic E-state index is 0.0595. The maximum absolute atomic E-state index is 14.9. The largest absolute Gasteiger partial charge is 0.444 e. The molecule has 0 radical (unpaired) electrons. The van der Waals surface area contributed by atoms with E-state index in [1.54, 1.807) is 26.8 Å². The lowest BCUT2D eigenvalue weighted by atomic mass is 9.87. The van der Waals surface area contributed by atoms with E-state index < -0.39 is 45.1 Å². The lowest BCUT2D eigenvalue weighted by Gasteiger charge is -2.43. The monoisotopic (exact) mass is 473 g/mol. The van der Waals surface area contributed by atoms with E-state index >= 15 is 0 Å². The molecule has 1 heterocycles. The fraction of sp³-hybridized carbons (Fsp3) is 0.619. The summed E-state index contributed by atoms with van der Waals surface area (Å²) in [6, 6.07) is 5.59. The van der Waals surface area contributed by atoms with Crippen molar-refractivity contribution in [2.45, 2.75) is 63.5 Å². The third-order valence-corrected chi connectivity index (χ3v) is 6.86. The van der Waals surface area contributed by atoms with Crippen LogP contribution in [0.4, 0.5) is 9.18 Å². The van der Waals surface area contributed by atoms with Gasteiger partial charge in [-0.25, -0.2) is 26.9 Å². The van der Waals surface area contributed by atoms with Crippen molar-refractivity contribution in [3.05, 3.63) is 35.6 Å². The van der Waals surface area contributed by atoms with Gasteiger partial charge >= 0.3 is 6.09 Å². The number of benzene rings is 1. The third-order valence-electron chi connectivity index (χ3n) is 4.86. The summed E-state index contributed by atoms with van der Waals surface area (Å²) >= 11 is 0. The Morgan fingerprint density at radius 3 is 2.56 bits per heavy atom. The van der Waals surface area contributed by atoms with Crippen molar-refractivity contribution in [1.29, 1.82) is 0 Å². The topological polar surface area (TPSA) is 118 Å². The Kier molecular flexibility index (Phi) is 8.24. The van der Waals surface area contributed by atoms with Crippen LogP contribution in [-0.2, 0) is 25.0 Å². The van der Waals surface area contributed by atoms with Gasteiger partial charge in [0.15, 0.2) is 0 Å². The van der Waals surface area contributed by atoms with Gasteiger partial charge in [-0.2, -0.15) is 0 Å². The number of sulfonamides is 1. The molecular formula is C21H32FN3O6S. The van der Waals surface area contributed by atoms with Crippen LogP contribution in [0.3, 0.4) is 0 Å². The normalized spacial score (nSPS) is 22.9. The number of carbonyl (C=O) groups is 1. The van der Waals surface area contributed by atoms with E-state index in [1.165, 1.54) is 25.2 Å². The summed E-state index contributed by atoms with van der Waals surface area (Å²) in [6.07, 6.45) is 0.158. The highest BCUT2D eigenvalue weighted by molar-refractivity contribution is 7.90. The van der Waals surface area contributed by atoms with Crippen LogP contribution in [-0.4, -0.2) is 61.2 Å². The Morgan fingerprint density at radius 1 is 1.34 bits per heavy atom. The average Bonchev–Trinajstić information content (AvgIpc) is 2.67. The number of hydrogen-bond acceptors (Lipinski definition) is 7. The summed E-state index contributed by atoms with van der Waals surface area (Å²) in [5, 5.41) is 12.2. The van der Waals surface area contributed by atoms with Crippen LogP contribution in [0.25, 0.3) is 0 Å². The van der Waals surface area contributed by atoms with Crippen LogP contribution in [0.5, 0.6) is 0 Å². The Hall–Kier alpha value is -2.24. The van der Waals surface area contributed by atoms with Gasteiger partial charge in [0.2, 0.25) is 11.4 Å². The number of aliphatic imine (C=N–C) groups is 1. The second kappa shape index (κ2) is 10.1. The van der Waals surface area contributed by atoms with E-state index in [0.717, 1.165) is 10.7 Å². The molecule has 0 fully saturated rings. The maximum Gasteiger partial charge on any atom is 0.414 e. The van der Waals surface area contributed by atoms with Gasteiger partial charge in [0, 0.05) is 32.2 Å². The zero-order chi connectivity index (χ0) is 24.2. The first-order valence-electron chi connectivity index (χ1n) is 10.4. The number of nitrogens with one attached hydrogen (secondary N) is 1. The van der Waals surface area contributed by atoms with Crippen molar-refractivity contribution in [3.63, 3.8) is 0 Å². The predicted molar refractivity (Wildman–Crippen MR) is 118 cm³/mol. The molecule has 0 saturated carbocycles. The van der Waals surface area contributed by atoms with Gasteiger partial charge in [-0.1, -0.05) is 31.5 Å². The number of guanidine groups is 1. The second-order valence-electron chi connectivity index (χ2n) is 8.51. The van der Waals surface area contributed by atoms with Crippen molar-refractivity contribution in [2.24, 2.45) is 4.99 Å². The zero-order valence-corrected chi connectivity index (χ0v) is 19.9. The van der Waals surface area contributed by atoms with Gasteiger partial charge in [-0.15, -0.1) is 0 Å². The molecule has 1 unspecified atom stereocenters. The van der Waals surface area contributed by atoms with Crippen LogP contribution in [0, 0.1) is 5.82 Å². The second-order valence-corrected chi connectivity index (χ2v) is 10.5. The Morgan fingerprint density at radius 2 is 2.00 bits per heavy atom. The molecule has 1 aliphatic rings. The number of unbranched alkanes of at least 4 members (excludes halogenated alkanes) is 1. The van der Waals surface area contributed by atoms with Crippen molar-refractivity contribution in [3.8, 4) is 0 Å². The molecule has 9 nitrogen and oxygen atoms in total. The van der Waals surface area contributed by atoms with E-state index in [0.29, 0.717) is 6.42 Å². The van der Waals surface area contributed by atoms with E-state index in [2.05, 4.69) is 10.3 Å². The molecule has 180 valence electrons. The molecule has 2 N–H and O–H groups in total. The molecule has 0 saturated heterocycles. The van der Waals surface area contributed by atoms with Crippen LogP contribution < -0.4 is 5.32 Å². The molecule has 11 heteroatoms. The van der Waals surface area contributed by atoms with Crippen LogP contribution in [0.15, 0.2) is 29.3 Å². The summed E-state index contributed by atoms with van der Waals surface area (Å²) in [6.45, 7) is 6.49. The van der Waals surface area contributed by atoms with Crippen molar-refractivity contribution < 1.29 is 32.2 Å². The molecule has 0 aliphatic carbocycles. The summed E-state index contributed by atoms with van der Waals surface area (Å²) in [5.41, 5.74) is -4.34. The van der Waals surface area contributed by atoms with Gasteiger partial charge in [-0.3, -0.25) is 5.32 Å². The fourth-order valence-electron chi connectivity index (χ4n) is 3.36. The molecule has 32 heavy (non-hydrogen) atoms. The number of halogens is 1. The molecule has 1 amide bonds. The molecule has 0 bridgehead atoms. The summed E-state index contributed by atoms with van der Waals surface area (Å²) in [7, 11) is -3.07. The number of carbonyl (C=O) groups excluding carboxylic acids is 1.